The molecule has 0 amide bonds. The monoisotopic (exact) mass is 519 g/mol. The van der Waals surface area contributed by atoms with Crippen LogP contribution in [0.15, 0.2) is 30.6 Å². The van der Waals surface area contributed by atoms with E-state index in [9.17, 15) is 4.39 Å². The summed E-state index contributed by atoms with van der Waals surface area (Å²) in [5, 5.41) is 4.53. The standard InChI is InChI=1S/C28H31F2N7O/c1-16-4-3-10-36(16)28-34-27-25(35(28)2)24(21-8-5-19(29)13-22(21)30)32-26(33-27)17-9-11-38-23(12-17)18-14-31-37(15-18)20-6-7-20/h5,8,13-17,20,23H,3-4,6-7,9-12H2,1-2H3/t16-,17+,23-/m1/s1. The van der Waals surface area contributed by atoms with E-state index < -0.39 is 11.6 Å². The van der Waals surface area contributed by atoms with Gasteiger partial charge in [-0.3, -0.25) is 4.68 Å². The fourth-order valence-electron chi connectivity index (χ4n) is 5.98. The van der Waals surface area contributed by atoms with Crippen molar-refractivity contribution in [2.24, 2.45) is 7.05 Å². The molecule has 198 valence electrons. The number of fused-ring (bicyclic) bond motifs is 1. The summed E-state index contributed by atoms with van der Waals surface area (Å²) in [6, 6.07) is 4.51. The van der Waals surface area contributed by atoms with Gasteiger partial charge in [-0.15, -0.1) is 0 Å². The number of benzene rings is 1. The average molecular weight is 520 g/mol. The Kier molecular flexibility index (Phi) is 5.68. The zero-order valence-corrected chi connectivity index (χ0v) is 21.6. The maximum absolute atomic E-state index is 15.1. The number of rotatable bonds is 5. The van der Waals surface area contributed by atoms with Gasteiger partial charge in [0.25, 0.3) is 0 Å². The van der Waals surface area contributed by atoms with E-state index in [1.54, 1.807) is 0 Å². The molecule has 0 bridgehead atoms. The van der Waals surface area contributed by atoms with E-state index in [1.165, 1.54) is 25.0 Å². The number of hydrogen-bond donors (Lipinski definition) is 0. The Bertz CT molecular complexity index is 1510. The van der Waals surface area contributed by atoms with Crippen molar-refractivity contribution < 1.29 is 13.5 Å². The van der Waals surface area contributed by atoms with Crippen LogP contribution in [0.3, 0.4) is 0 Å². The van der Waals surface area contributed by atoms with E-state index in [1.807, 2.05) is 22.5 Å². The third-order valence-corrected chi connectivity index (χ3v) is 8.28. The lowest BCUT2D eigenvalue weighted by molar-refractivity contribution is 0.00396. The molecule has 3 aromatic heterocycles. The molecule has 7 rings (SSSR count). The van der Waals surface area contributed by atoms with E-state index in [2.05, 4.69) is 23.1 Å². The summed E-state index contributed by atoms with van der Waals surface area (Å²) in [5.41, 5.74) is 2.95. The second-order valence-electron chi connectivity index (χ2n) is 10.9. The summed E-state index contributed by atoms with van der Waals surface area (Å²) in [6.45, 7) is 3.68. The van der Waals surface area contributed by atoms with E-state index in [0.29, 0.717) is 47.8 Å². The number of imidazole rings is 1. The highest BCUT2D eigenvalue weighted by molar-refractivity contribution is 5.89. The molecule has 5 heterocycles. The molecular weight excluding hydrogens is 488 g/mol. The van der Waals surface area contributed by atoms with Gasteiger partial charge in [-0.2, -0.15) is 10.1 Å². The van der Waals surface area contributed by atoms with Gasteiger partial charge >= 0.3 is 0 Å². The number of ether oxygens (including phenoxy) is 1. The topological polar surface area (TPSA) is 73.9 Å². The lowest BCUT2D eigenvalue weighted by Gasteiger charge is -2.28. The summed E-state index contributed by atoms with van der Waals surface area (Å²) in [4.78, 5) is 17.1. The van der Waals surface area contributed by atoms with Crippen LogP contribution in [0.1, 0.15) is 74.9 Å². The molecule has 1 aromatic carbocycles. The molecule has 1 saturated carbocycles. The molecule has 0 unspecified atom stereocenters. The normalized spacial score (nSPS) is 24.0. The zero-order chi connectivity index (χ0) is 26.0. The molecule has 3 atom stereocenters. The van der Waals surface area contributed by atoms with Crippen molar-refractivity contribution in [3.05, 3.63) is 53.6 Å². The molecule has 2 saturated heterocycles. The van der Waals surface area contributed by atoms with Crippen LogP contribution in [0.2, 0.25) is 0 Å². The van der Waals surface area contributed by atoms with Crippen LogP contribution in [-0.4, -0.2) is 48.5 Å². The largest absolute Gasteiger partial charge is 0.373 e. The first-order valence-electron chi connectivity index (χ1n) is 13.6. The number of aromatic nitrogens is 6. The molecule has 10 heteroatoms. The molecule has 1 aliphatic carbocycles. The Morgan fingerprint density at radius 2 is 1.92 bits per heavy atom. The van der Waals surface area contributed by atoms with Crippen LogP contribution in [0.4, 0.5) is 14.7 Å². The summed E-state index contributed by atoms with van der Waals surface area (Å²) in [6.07, 6.45) is 9.90. The van der Waals surface area contributed by atoms with Crippen molar-refractivity contribution in [3.8, 4) is 11.3 Å². The molecule has 3 fully saturated rings. The summed E-state index contributed by atoms with van der Waals surface area (Å²) in [5.74, 6) is 0.176. The predicted molar refractivity (Wildman–Crippen MR) is 139 cm³/mol. The van der Waals surface area contributed by atoms with Gasteiger partial charge in [0, 0.05) is 55.5 Å². The first-order valence-corrected chi connectivity index (χ1v) is 13.6. The third-order valence-electron chi connectivity index (χ3n) is 8.28. The molecule has 4 aromatic rings. The number of hydrogen-bond acceptors (Lipinski definition) is 6. The molecule has 3 aliphatic rings. The number of halogens is 2. The van der Waals surface area contributed by atoms with Crippen LogP contribution in [0.25, 0.3) is 22.4 Å². The van der Waals surface area contributed by atoms with Gasteiger partial charge in [0.15, 0.2) is 5.65 Å². The molecule has 2 aliphatic heterocycles. The Morgan fingerprint density at radius 3 is 2.68 bits per heavy atom. The fourth-order valence-corrected chi connectivity index (χ4v) is 5.98. The molecule has 0 radical (unpaired) electrons. The maximum atomic E-state index is 15.1. The highest BCUT2D eigenvalue weighted by atomic mass is 19.1. The summed E-state index contributed by atoms with van der Waals surface area (Å²) >= 11 is 0. The second kappa shape index (κ2) is 9.11. The zero-order valence-electron chi connectivity index (χ0n) is 21.6. The predicted octanol–water partition coefficient (Wildman–Crippen LogP) is 5.46. The number of nitrogens with zero attached hydrogens (tertiary/aromatic N) is 7. The van der Waals surface area contributed by atoms with Crippen molar-refractivity contribution in [2.75, 3.05) is 18.1 Å². The van der Waals surface area contributed by atoms with Crippen molar-refractivity contribution in [2.45, 2.75) is 69.6 Å². The number of aryl methyl sites for hydroxylation is 1. The lowest BCUT2D eigenvalue weighted by atomic mass is 9.92. The molecule has 38 heavy (non-hydrogen) atoms. The van der Waals surface area contributed by atoms with Crippen molar-refractivity contribution in [1.29, 1.82) is 0 Å². The van der Waals surface area contributed by atoms with Crippen LogP contribution in [-0.2, 0) is 11.8 Å². The van der Waals surface area contributed by atoms with Gasteiger partial charge in [0.1, 0.15) is 28.7 Å². The Balaban J connectivity index is 1.31. The fraction of sp³-hybridized carbons (Fsp3) is 0.500. The second-order valence-corrected chi connectivity index (χ2v) is 10.9. The molecular formula is C28H31F2N7O. The van der Waals surface area contributed by atoms with E-state index in [-0.39, 0.29) is 17.6 Å². The van der Waals surface area contributed by atoms with Crippen molar-refractivity contribution in [3.63, 3.8) is 0 Å². The van der Waals surface area contributed by atoms with Crippen LogP contribution in [0.5, 0.6) is 0 Å². The first-order chi connectivity index (χ1) is 18.5. The molecule has 0 N–H and O–H groups in total. The van der Waals surface area contributed by atoms with Gasteiger partial charge < -0.3 is 14.2 Å². The lowest BCUT2D eigenvalue weighted by Crippen LogP contribution is -2.28. The number of anilines is 1. The minimum Gasteiger partial charge on any atom is -0.373 e. The van der Waals surface area contributed by atoms with Crippen molar-refractivity contribution >= 4 is 17.1 Å². The van der Waals surface area contributed by atoms with Gasteiger partial charge in [0.05, 0.1) is 18.3 Å². The Hall–Kier alpha value is -3.40. The van der Waals surface area contributed by atoms with Gasteiger partial charge in [-0.05, 0) is 57.6 Å². The maximum Gasteiger partial charge on any atom is 0.208 e. The Labute approximate surface area is 219 Å². The van der Waals surface area contributed by atoms with Crippen LogP contribution in [0, 0.1) is 11.6 Å². The van der Waals surface area contributed by atoms with Crippen molar-refractivity contribution in [1.82, 2.24) is 29.3 Å². The smallest absolute Gasteiger partial charge is 0.208 e. The van der Waals surface area contributed by atoms with Gasteiger partial charge in [0.2, 0.25) is 5.95 Å². The van der Waals surface area contributed by atoms with E-state index >= 15 is 4.39 Å². The Morgan fingerprint density at radius 1 is 1.05 bits per heavy atom. The summed E-state index contributed by atoms with van der Waals surface area (Å²) < 4.78 is 39.1. The minimum absolute atomic E-state index is 0.0147. The highest BCUT2D eigenvalue weighted by Gasteiger charge is 2.32. The molecule has 8 nitrogen and oxygen atoms in total. The third kappa shape index (κ3) is 4.05. The van der Waals surface area contributed by atoms with E-state index in [4.69, 9.17) is 19.7 Å². The first kappa shape index (κ1) is 23.7. The van der Waals surface area contributed by atoms with Gasteiger partial charge in [-0.1, -0.05) is 0 Å². The minimum atomic E-state index is -0.648. The quantitative estimate of drug-likeness (QED) is 0.349. The summed E-state index contributed by atoms with van der Waals surface area (Å²) in [7, 11) is 1.92. The van der Waals surface area contributed by atoms with Crippen LogP contribution < -0.4 is 4.90 Å². The highest BCUT2D eigenvalue weighted by Crippen LogP contribution is 2.40. The van der Waals surface area contributed by atoms with Gasteiger partial charge in [-0.25, -0.2) is 18.7 Å². The average Bonchev–Trinajstić information content (AvgIpc) is 3.33. The molecule has 0 spiro atoms. The van der Waals surface area contributed by atoms with Crippen LogP contribution >= 0.6 is 0 Å². The van der Waals surface area contributed by atoms with E-state index in [0.717, 1.165) is 43.4 Å². The SMILES string of the molecule is C[C@@H]1CCCN1c1nc2nc([C@H]3CCO[C@@H](c4cnn(C5CC5)c4)C3)nc(-c3ccc(F)cc3F)c2n1C.